The van der Waals surface area contributed by atoms with Gasteiger partial charge >= 0.3 is 0 Å². The first kappa shape index (κ1) is 16.1. The van der Waals surface area contributed by atoms with Gasteiger partial charge in [0.1, 0.15) is 17.3 Å². The third-order valence-electron chi connectivity index (χ3n) is 2.76. The van der Waals surface area contributed by atoms with Crippen molar-refractivity contribution in [3.05, 3.63) is 30.2 Å². The molecule has 0 aliphatic carbocycles. The highest BCUT2D eigenvalue weighted by Crippen LogP contribution is 2.10. The van der Waals surface area contributed by atoms with Gasteiger partial charge in [-0.3, -0.25) is 4.79 Å². The Morgan fingerprint density at radius 1 is 1.35 bits per heavy atom. The zero-order chi connectivity index (χ0) is 15.0. The van der Waals surface area contributed by atoms with Gasteiger partial charge in [0, 0.05) is 25.7 Å². The largest absolute Gasteiger partial charge is 0.366 e. The number of anilines is 1. The Morgan fingerprint density at radius 3 is 2.55 bits per heavy atom. The van der Waals surface area contributed by atoms with E-state index in [9.17, 15) is 4.79 Å². The summed E-state index contributed by atoms with van der Waals surface area (Å²) in [6, 6.07) is 1.71. The molecule has 5 nitrogen and oxygen atoms in total. The SMILES string of the molecule is C=CCNc1cc(C(=O)N(CCC)CCC)nc(C)n1. The molecule has 0 unspecified atom stereocenters. The van der Waals surface area contributed by atoms with Crippen molar-refractivity contribution in [3.8, 4) is 0 Å². The first-order valence-electron chi connectivity index (χ1n) is 7.12. The Morgan fingerprint density at radius 2 is 2.00 bits per heavy atom. The molecule has 1 amide bonds. The van der Waals surface area contributed by atoms with Crippen LogP contribution in [0.4, 0.5) is 5.82 Å². The lowest BCUT2D eigenvalue weighted by molar-refractivity contribution is 0.0749. The minimum atomic E-state index is -0.0270. The predicted octanol–water partition coefficient (Wildman–Crippen LogP) is 2.65. The van der Waals surface area contributed by atoms with Crippen LogP contribution in [0.5, 0.6) is 0 Å². The van der Waals surface area contributed by atoms with Crippen LogP contribution in [0.3, 0.4) is 0 Å². The van der Waals surface area contributed by atoms with E-state index in [1.54, 1.807) is 19.1 Å². The van der Waals surface area contributed by atoms with Crippen molar-refractivity contribution in [2.45, 2.75) is 33.6 Å². The standard InChI is InChI=1S/C15H24N4O/c1-5-8-16-14-11-13(17-12(4)18-14)15(20)19(9-6-2)10-7-3/h5,11H,1,6-10H2,2-4H3,(H,16,17,18). The van der Waals surface area contributed by atoms with Crippen molar-refractivity contribution in [1.29, 1.82) is 0 Å². The van der Waals surface area contributed by atoms with Crippen molar-refractivity contribution in [1.82, 2.24) is 14.9 Å². The second-order valence-corrected chi connectivity index (χ2v) is 4.65. The van der Waals surface area contributed by atoms with Crippen LogP contribution in [0.2, 0.25) is 0 Å². The molecule has 0 saturated heterocycles. The Bertz CT molecular complexity index is 453. The number of rotatable bonds is 8. The van der Waals surface area contributed by atoms with Gasteiger partial charge in [0.05, 0.1) is 0 Å². The third kappa shape index (κ3) is 4.64. The molecular formula is C15H24N4O. The second-order valence-electron chi connectivity index (χ2n) is 4.65. The molecule has 5 heteroatoms. The molecule has 1 heterocycles. The summed E-state index contributed by atoms with van der Waals surface area (Å²) >= 11 is 0. The molecule has 0 radical (unpaired) electrons. The highest BCUT2D eigenvalue weighted by atomic mass is 16.2. The van der Waals surface area contributed by atoms with Crippen molar-refractivity contribution in [2.24, 2.45) is 0 Å². The van der Waals surface area contributed by atoms with E-state index in [-0.39, 0.29) is 5.91 Å². The number of aromatic nitrogens is 2. The van der Waals surface area contributed by atoms with E-state index in [0.717, 1.165) is 25.9 Å². The first-order valence-corrected chi connectivity index (χ1v) is 7.12. The van der Waals surface area contributed by atoms with Gasteiger partial charge in [0.2, 0.25) is 0 Å². The van der Waals surface area contributed by atoms with Crippen LogP contribution in [0.15, 0.2) is 18.7 Å². The molecule has 0 saturated carbocycles. The fourth-order valence-electron chi connectivity index (χ4n) is 1.96. The molecule has 0 aliphatic rings. The summed E-state index contributed by atoms with van der Waals surface area (Å²) in [5.41, 5.74) is 0.450. The third-order valence-corrected chi connectivity index (χ3v) is 2.76. The van der Waals surface area contributed by atoms with Gasteiger partial charge in [-0.05, 0) is 19.8 Å². The Balaban J connectivity index is 2.94. The Kier molecular flexibility index (Phi) is 6.70. The number of aryl methyl sites for hydroxylation is 1. The van der Waals surface area contributed by atoms with Crippen molar-refractivity contribution < 1.29 is 4.79 Å². The second kappa shape index (κ2) is 8.30. The summed E-state index contributed by atoms with van der Waals surface area (Å²) in [5.74, 6) is 1.23. The van der Waals surface area contributed by atoms with E-state index in [2.05, 4.69) is 35.7 Å². The summed E-state index contributed by atoms with van der Waals surface area (Å²) < 4.78 is 0. The number of carbonyl (C=O) groups excluding carboxylic acids is 1. The van der Waals surface area contributed by atoms with E-state index < -0.39 is 0 Å². The summed E-state index contributed by atoms with van der Waals surface area (Å²) in [4.78, 5) is 22.9. The highest BCUT2D eigenvalue weighted by molar-refractivity contribution is 5.93. The predicted molar refractivity (Wildman–Crippen MR) is 81.9 cm³/mol. The molecule has 0 aromatic carbocycles. The number of carbonyl (C=O) groups is 1. The molecule has 1 aromatic rings. The zero-order valence-electron chi connectivity index (χ0n) is 12.6. The number of nitrogens with one attached hydrogen (secondary N) is 1. The van der Waals surface area contributed by atoms with Crippen LogP contribution in [-0.2, 0) is 0 Å². The maximum Gasteiger partial charge on any atom is 0.272 e. The van der Waals surface area contributed by atoms with E-state index in [1.807, 2.05) is 4.90 Å². The highest BCUT2D eigenvalue weighted by Gasteiger charge is 2.17. The minimum absolute atomic E-state index is 0.0270. The van der Waals surface area contributed by atoms with E-state index in [0.29, 0.717) is 23.9 Å². The molecule has 0 atom stereocenters. The van der Waals surface area contributed by atoms with Crippen molar-refractivity contribution in [2.75, 3.05) is 25.0 Å². The van der Waals surface area contributed by atoms with Gasteiger partial charge in [-0.2, -0.15) is 0 Å². The normalized spacial score (nSPS) is 10.2. The van der Waals surface area contributed by atoms with Gasteiger partial charge in [0.25, 0.3) is 5.91 Å². The molecule has 1 N–H and O–H groups in total. The van der Waals surface area contributed by atoms with E-state index >= 15 is 0 Å². The lowest BCUT2D eigenvalue weighted by Crippen LogP contribution is -2.33. The summed E-state index contributed by atoms with van der Waals surface area (Å²) in [6.07, 6.45) is 3.63. The van der Waals surface area contributed by atoms with Crippen LogP contribution < -0.4 is 5.32 Å². The fraction of sp³-hybridized carbons (Fsp3) is 0.533. The van der Waals surface area contributed by atoms with Crippen LogP contribution in [0.25, 0.3) is 0 Å². The number of hydrogen-bond acceptors (Lipinski definition) is 4. The lowest BCUT2D eigenvalue weighted by Gasteiger charge is -2.21. The number of nitrogens with zero attached hydrogens (tertiary/aromatic N) is 3. The smallest absolute Gasteiger partial charge is 0.272 e. The fourth-order valence-corrected chi connectivity index (χ4v) is 1.96. The van der Waals surface area contributed by atoms with E-state index in [4.69, 9.17) is 0 Å². The Labute approximate surface area is 121 Å². The van der Waals surface area contributed by atoms with Gasteiger partial charge in [-0.15, -0.1) is 6.58 Å². The maximum atomic E-state index is 12.5. The van der Waals surface area contributed by atoms with Crippen LogP contribution >= 0.6 is 0 Å². The minimum Gasteiger partial charge on any atom is -0.366 e. The zero-order valence-corrected chi connectivity index (χ0v) is 12.6. The van der Waals surface area contributed by atoms with Crippen LogP contribution in [0.1, 0.15) is 43.0 Å². The molecular weight excluding hydrogens is 252 g/mol. The molecule has 0 bridgehead atoms. The number of hydrogen-bond donors (Lipinski definition) is 1. The van der Waals surface area contributed by atoms with Gasteiger partial charge < -0.3 is 10.2 Å². The Hall–Kier alpha value is -1.91. The monoisotopic (exact) mass is 276 g/mol. The average molecular weight is 276 g/mol. The quantitative estimate of drug-likeness (QED) is 0.742. The van der Waals surface area contributed by atoms with Gasteiger partial charge in [-0.25, -0.2) is 9.97 Å². The van der Waals surface area contributed by atoms with E-state index in [1.165, 1.54) is 0 Å². The molecule has 110 valence electrons. The molecule has 20 heavy (non-hydrogen) atoms. The summed E-state index contributed by atoms with van der Waals surface area (Å²) in [6.45, 7) is 11.7. The first-order chi connectivity index (χ1) is 9.62. The topological polar surface area (TPSA) is 58.1 Å². The molecule has 0 fully saturated rings. The molecule has 0 aliphatic heterocycles. The van der Waals surface area contributed by atoms with Gasteiger partial charge in [-0.1, -0.05) is 19.9 Å². The average Bonchev–Trinajstić information content (AvgIpc) is 2.43. The van der Waals surface area contributed by atoms with Crippen LogP contribution in [-0.4, -0.2) is 40.4 Å². The molecule has 0 spiro atoms. The lowest BCUT2D eigenvalue weighted by atomic mass is 10.3. The summed E-state index contributed by atoms with van der Waals surface area (Å²) in [7, 11) is 0. The number of amides is 1. The van der Waals surface area contributed by atoms with Crippen molar-refractivity contribution >= 4 is 11.7 Å². The van der Waals surface area contributed by atoms with Crippen molar-refractivity contribution in [3.63, 3.8) is 0 Å². The maximum absolute atomic E-state index is 12.5. The molecule has 1 rings (SSSR count). The summed E-state index contributed by atoms with van der Waals surface area (Å²) in [5, 5.41) is 3.09. The van der Waals surface area contributed by atoms with Gasteiger partial charge in [0.15, 0.2) is 0 Å². The van der Waals surface area contributed by atoms with Crippen LogP contribution in [0, 0.1) is 6.92 Å². The molecule has 1 aromatic heterocycles.